The maximum absolute atomic E-state index is 3.77. The summed E-state index contributed by atoms with van der Waals surface area (Å²) >= 11 is 0. The van der Waals surface area contributed by atoms with Crippen LogP contribution in [0.15, 0.2) is 0 Å². The molecule has 1 aliphatic heterocycles. The van der Waals surface area contributed by atoms with Crippen molar-refractivity contribution in [2.75, 3.05) is 40.3 Å². The van der Waals surface area contributed by atoms with E-state index in [1.54, 1.807) is 0 Å². The van der Waals surface area contributed by atoms with E-state index < -0.39 is 0 Å². The Labute approximate surface area is 113 Å². The largest absolute Gasteiger partial charge is 0.313 e. The standard InChI is InChI=1S/C15H31N3/c1-17(2)13-15-9-6-11-18(15)12-10-16-14-7-4-3-5-8-14/h14-16H,3-13H2,1-2H3. The molecule has 0 bridgehead atoms. The van der Waals surface area contributed by atoms with Crippen LogP contribution in [-0.4, -0.2) is 62.2 Å². The van der Waals surface area contributed by atoms with Gasteiger partial charge in [0.2, 0.25) is 0 Å². The topological polar surface area (TPSA) is 18.5 Å². The zero-order valence-corrected chi connectivity index (χ0v) is 12.3. The molecule has 0 spiro atoms. The summed E-state index contributed by atoms with van der Waals surface area (Å²) < 4.78 is 0. The highest BCUT2D eigenvalue weighted by Gasteiger charge is 2.24. The summed E-state index contributed by atoms with van der Waals surface area (Å²) in [6.45, 7) is 4.97. The average molecular weight is 253 g/mol. The molecule has 0 aromatic carbocycles. The average Bonchev–Trinajstić information content (AvgIpc) is 2.77. The Hall–Kier alpha value is -0.120. The third-order valence-corrected chi connectivity index (χ3v) is 4.51. The lowest BCUT2D eigenvalue weighted by Gasteiger charge is -2.29. The van der Waals surface area contributed by atoms with Crippen LogP contribution >= 0.6 is 0 Å². The van der Waals surface area contributed by atoms with Gasteiger partial charge in [0.25, 0.3) is 0 Å². The van der Waals surface area contributed by atoms with E-state index >= 15 is 0 Å². The Kier molecular flexibility index (Phi) is 5.93. The van der Waals surface area contributed by atoms with E-state index in [1.807, 2.05) is 0 Å². The Morgan fingerprint density at radius 1 is 1.06 bits per heavy atom. The molecule has 2 rings (SSSR count). The Bertz CT molecular complexity index is 224. The van der Waals surface area contributed by atoms with E-state index in [9.17, 15) is 0 Å². The summed E-state index contributed by atoms with van der Waals surface area (Å²) in [7, 11) is 4.38. The van der Waals surface area contributed by atoms with Crippen molar-refractivity contribution in [3.8, 4) is 0 Å². The lowest BCUT2D eigenvalue weighted by molar-refractivity contribution is 0.204. The first-order valence-electron chi connectivity index (χ1n) is 7.88. The smallest absolute Gasteiger partial charge is 0.0223 e. The van der Waals surface area contributed by atoms with E-state index in [-0.39, 0.29) is 0 Å². The van der Waals surface area contributed by atoms with E-state index in [0.29, 0.717) is 0 Å². The summed E-state index contributed by atoms with van der Waals surface area (Å²) in [5, 5.41) is 3.77. The molecule has 18 heavy (non-hydrogen) atoms. The molecule has 1 unspecified atom stereocenters. The highest BCUT2D eigenvalue weighted by atomic mass is 15.2. The first kappa shape index (κ1) is 14.3. The van der Waals surface area contributed by atoms with Gasteiger partial charge >= 0.3 is 0 Å². The van der Waals surface area contributed by atoms with Gasteiger partial charge in [0.05, 0.1) is 0 Å². The minimum Gasteiger partial charge on any atom is -0.313 e. The second-order valence-electron chi connectivity index (χ2n) is 6.38. The van der Waals surface area contributed by atoms with Crippen LogP contribution in [0.25, 0.3) is 0 Å². The molecule has 106 valence electrons. The molecule has 1 heterocycles. The second-order valence-corrected chi connectivity index (χ2v) is 6.38. The molecule has 0 radical (unpaired) electrons. The van der Waals surface area contributed by atoms with Crippen molar-refractivity contribution in [2.45, 2.75) is 57.0 Å². The number of nitrogens with zero attached hydrogens (tertiary/aromatic N) is 2. The van der Waals surface area contributed by atoms with E-state index in [2.05, 4.69) is 29.2 Å². The van der Waals surface area contributed by atoms with Crippen LogP contribution in [-0.2, 0) is 0 Å². The van der Waals surface area contributed by atoms with Gasteiger partial charge in [0.15, 0.2) is 0 Å². The third kappa shape index (κ3) is 4.52. The van der Waals surface area contributed by atoms with Crippen LogP contribution in [0.3, 0.4) is 0 Å². The Morgan fingerprint density at radius 3 is 2.56 bits per heavy atom. The third-order valence-electron chi connectivity index (χ3n) is 4.51. The van der Waals surface area contributed by atoms with Gasteiger partial charge in [0.1, 0.15) is 0 Å². The van der Waals surface area contributed by atoms with Crippen LogP contribution in [0.1, 0.15) is 44.9 Å². The minimum absolute atomic E-state index is 0.799. The van der Waals surface area contributed by atoms with Gasteiger partial charge in [-0.2, -0.15) is 0 Å². The lowest BCUT2D eigenvalue weighted by atomic mass is 9.95. The quantitative estimate of drug-likeness (QED) is 0.780. The van der Waals surface area contributed by atoms with Crippen molar-refractivity contribution in [3.63, 3.8) is 0 Å². The maximum atomic E-state index is 3.77. The number of likely N-dealkylation sites (tertiary alicyclic amines) is 1. The Morgan fingerprint density at radius 2 is 1.83 bits per heavy atom. The molecular weight excluding hydrogens is 222 g/mol. The van der Waals surface area contributed by atoms with Crippen molar-refractivity contribution >= 4 is 0 Å². The number of hydrogen-bond donors (Lipinski definition) is 1. The molecule has 1 atom stereocenters. The number of rotatable bonds is 6. The molecule has 1 saturated carbocycles. The van der Waals surface area contributed by atoms with Crippen LogP contribution < -0.4 is 5.32 Å². The van der Waals surface area contributed by atoms with Crippen LogP contribution in [0, 0.1) is 0 Å². The highest BCUT2D eigenvalue weighted by molar-refractivity contribution is 4.82. The SMILES string of the molecule is CN(C)CC1CCCN1CCNC1CCCCC1. The van der Waals surface area contributed by atoms with E-state index in [4.69, 9.17) is 0 Å². The van der Waals surface area contributed by atoms with Gasteiger partial charge in [-0.1, -0.05) is 19.3 Å². The van der Waals surface area contributed by atoms with E-state index in [1.165, 1.54) is 71.1 Å². The molecule has 1 N–H and O–H groups in total. The van der Waals surface area contributed by atoms with Crippen molar-refractivity contribution in [1.29, 1.82) is 0 Å². The van der Waals surface area contributed by atoms with Crippen molar-refractivity contribution in [1.82, 2.24) is 15.1 Å². The highest BCUT2D eigenvalue weighted by Crippen LogP contribution is 2.18. The summed E-state index contributed by atoms with van der Waals surface area (Å²) in [5.41, 5.74) is 0. The zero-order chi connectivity index (χ0) is 12.8. The predicted molar refractivity (Wildman–Crippen MR) is 78.0 cm³/mol. The van der Waals surface area contributed by atoms with Crippen molar-refractivity contribution < 1.29 is 0 Å². The summed E-state index contributed by atoms with van der Waals surface area (Å²) in [6.07, 6.45) is 9.91. The van der Waals surface area contributed by atoms with Crippen molar-refractivity contribution in [3.05, 3.63) is 0 Å². The summed E-state index contributed by atoms with van der Waals surface area (Å²) in [4.78, 5) is 5.02. The zero-order valence-electron chi connectivity index (χ0n) is 12.3. The van der Waals surface area contributed by atoms with Gasteiger partial charge < -0.3 is 10.2 Å². The molecule has 3 nitrogen and oxygen atoms in total. The van der Waals surface area contributed by atoms with Gasteiger partial charge in [-0.15, -0.1) is 0 Å². The summed E-state index contributed by atoms with van der Waals surface area (Å²) in [5.74, 6) is 0. The molecule has 2 aliphatic rings. The first-order valence-corrected chi connectivity index (χ1v) is 7.88. The molecule has 1 saturated heterocycles. The molecule has 0 amide bonds. The molecular formula is C15H31N3. The number of likely N-dealkylation sites (N-methyl/N-ethyl adjacent to an activating group) is 1. The fraction of sp³-hybridized carbons (Fsp3) is 1.00. The second kappa shape index (κ2) is 7.46. The normalized spacial score (nSPS) is 27.2. The monoisotopic (exact) mass is 253 g/mol. The van der Waals surface area contributed by atoms with Crippen LogP contribution in [0.4, 0.5) is 0 Å². The maximum Gasteiger partial charge on any atom is 0.0223 e. The fourth-order valence-electron chi connectivity index (χ4n) is 3.54. The molecule has 3 heteroatoms. The van der Waals surface area contributed by atoms with Crippen molar-refractivity contribution in [2.24, 2.45) is 0 Å². The Balaban J connectivity index is 1.62. The molecule has 2 fully saturated rings. The van der Waals surface area contributed by atoms with Gasteiger partial charge in [-0.3, -0.25) is 4.90 Å². The molecule has 0 aromatic heterocycles. The summed E-state index contributed by atoms with van der Waals surface area (Å²) in [6, 6.07) is 1.61. The van der Waals surface area contributed by atoms with Crippen LogP contribution in [0.2, 0.25) is 0 Å². The number of nitrogens with one attached hydrogen (secondary N) is 1. The van der Waals surface area contributed by atoms with Gasteiger partial charge in [0, 0.05) is 31.7 Å². The van der Waals surface area contributed by atoms with Gasteiger partial charge in [-0.05, 0) is 46.3 Å². The lowest BCUT2D eigenvalue weighted by Crippen LogP contribution is -2.43. The molecule has 0 aromatic rings. The molecule has 1 aliphatic carbocycles. The first-order chi connectivity index (χ1) is 8.75. The number of hydrogen-bond acceptors (Lipinski definition) is 3. The van der Waals surface area contributed by atoms with E-state index in [0.717, 1.165) is 12.1 Å². The van der Waals surface area contributed by atoms with Gasteiger partial charge in [-0.25, -0.2) is 0 Å². The van der Waals surface area contributed by atoms with Crippen LogP contribution in [0.5, 0.6) is 0 Å². The predicted octanol–water partition coefficient (Wildman–Crippen LogP) is 1.93. The minimum atomic E-state index is 0.799. The fourth-order valence-corrected chi connectivity index (χ4v) is 3.54.